The van der Waals surface area contributed by atoms with Gasteiger partial charge in [0.2, 0.25) is 0 Å². The molecule has 3 aromatic rings. The van der Waals surface area contributed by atoms with Gasteiger partial charge in [0.05, 0.1) is 18.3 Å². The Kier molecular flexibility index (Phi) is 4.94. The molecule has 1 N–H and O–H groups in total. The predicted molar refractivity (Wildman–Crippen MR) is 106 cm³/mol. The van der Waals surface area contributed by atoms with Crippen LogP contribution in [0.5, 0.6) is 0 Å². The third-order valence-electron chi connectivity index (χ3n) is 5.49. The van der Waals surface area contributed by atoms with Crippen molar-refractivity contribution < 1.29 is 9.53 Å². The number of hydrogen-bond acceptors (Lipinski definition) is 3. The molecule has 0 unspecified atom stereocenters. The Morgan fingerprint density at radius 2 is 2.11 bits per heavy atom. The van der Waals surface area contributed by atoms with Gasteiger partial charge in [0, 0.05) is 42.5 Å². The number of rotatable bonds is 5. The van der Waals surface area contributed by atoms with Gasteiger partial charge in [-0.05, 0) is 55.5 Å². The first-order valence-electron chi connectivity index (χ1n) is 9.49. The standard InChI is InChI=1S/C22H25N3O2/c1-25(21(14-27-2)19-9-5-6-12-23-19)22(26)15-10-11-17-16-7-3-4-8-18(16)24-20(17)13-15/h5-6,9-13,21,24H,3-4,7-8,14H2,1-2H3/t21-/m1/s1. The van der Waals surface area contributed by atoms with Crippen LogP contribution in [0.1, 0.15) is 46.2 Å². The van der Waals surface area contributed by atoms with Crippen LogP contribution in [0.2, 0.25) is 0 Å². The fourth-order valence-corrected chi connectivity index (χ4v) is 4.02. The molecule has 1 amide bonds. The van der Waals surface area contributed by atoms with Crippen molar-refractivity contribution in [1.29, 1.82) is 0 Å². The number of aromatic nitrogens is 2. The lowest BCUT2D eigenvalue weighted by molar-refractivity contribution is 0.0595. The second kappa shape index (κ2) is 7.53. The number of carbonyl (C=O) groups is 1. The second-order valence-corrected chi connectivity index (χ2v) is 7.19. The van der Waals surface area contributed by atoms with Gasteiger partial charge in [0.1, 0.15) is 0 Å². The smallest absolute Gasteiger partial charge is 0.254 e. The Morgan fingerprint density at radius 1 is 1.26 bits per heavy atom. The van der Waals surface area contributed by atoms with Gasteiger partial charge in [-0.3, -0.25) is 9.78 Å². The molecule has 27 heavy (non-hydrogen) atoms. The van der Waals surface area contributed by atoms with Gasteiger partial charge >= 0.3 is 0 Å². The summed E-state index contributed by atoms with van der Waals surface area (Å²) in [6, 6.07) is 11.5. The van der Waals surface area contributed by atoms with E-state index >= 15 is 0 Å². The molecule has 2 aromatic heterocycles. The molecular formula is C22H25N3O2. The van der Waals surface area contributed by atoms with E-state index in [4.69, 9.17) is 4.74 Å². The molecule has 0 fully saturated rings. The first kappa shape index (κ1) is 17.7. The summed E-state index contributed by atoms with van der Waals surface area (Å²) in [5.74, 6) is -0.0304. The molecule has 0 saturated carbocycles. The van der Waals surface area contributed by atoms with Gasteiger partial charge in [-0.25, -0.2) is 0 Å². The van der Waals surface area contributed by atoms with E-state index in [1.165, 1.54) is 29.5 Å². The van der Waals surface area contributed by atoms with Crippen molar-refractivity contribution in [1.82, 2.24) is 14.9 Å². The molecule has 4 rings (SSSR count). The first-order valence-corrected chi connectivity index (χ1v) is 9.49. The average Bonchev–Trinajstić information content (AvgIpc) is 3.09. The third-order valence-corrected chi connectivity index (χ3v) is 5.49. The molecule has 0 radical (unpaired) electrons. The van der Waals surface area contributed by atoms with E-state index in [1.807, 2.05) is 37.4 Å². The number of hydrogen-bond donors (Lipinski definition) is 1. The van der Waals surface area contributed by atoms with Crippen molar-refractivity contribution in [2.45, 2.75) is 31.7 Å². The third kappa shape index (κ3) is 3.35. The predicted octanol–water partition coefficient (Wildman–Crippen LogP) is 3.90. The molecular weight excluding hydrogens is 338 g/mol. The van der Waals surface area contributed by atoms with Crippen molar-refractivity contribution in [3.8, 4) is 0 Å². The highest BCUT2D eigenvalue weighted by molar-refractivity contribution is 5.99. The number of pyridine rings is 1. The van der Waals surface area contributed by atoms with E-state index < -0.39 is 0 Å². The minimum Gasteiger partial charge on any atom is -0.382 e. The van der Waals surface area contributed by atoms with Gasteiger partial charge in [-0.2, -0.15) is 0 Å². The van der Waals surface area contributed by atoms with E-state index in [0.717, 1.165) is 24.1 Å². The molecule has 5 heteroatoms. The van der Waals surface area contributed by atoms with Crippen LogP contribution in [-0.2, 0) is 17.6 Å². The second-order valence-electron chi connectivity index (χ2n) is 7.19. The number of H-pyrrole nitrogens is 1. The minimum absolute atomic E-state index is 0.0304. The maximum atomic E-state index is 13.1. The molecule has 1 aliphatic carbocycles. The Bertz CT molecular complexity index is 949. The zero-order valence-corrected chi connectivity index (χ0v) is 15.9. The maximum absolute atomic E-state index is 13.1. The highest BCUT2D eigenvalue weighted by Gasteiger charge is 2.24. The molecule has 140 valence electrons. The van der Waals surface area contributed by atoms with Crippen LogP contribution in [0.3, 0.4) is 0 Å². The van der Waals surface area contributed by atoms with Gasteiger partial charge in [0.25, 0.3) is 5.91 Å². The normalized spacial score (nSPS) is 14.7. The summed E-state index contributed by atoms with van der Waals surface area (Å²) in [6.07, 6.45) is 6.44. The quantitative estimate of drug-likeness (QED) is 0.748. The van der Waals surface area contributed by atoms with Crippen molar-refractivity contribution in [3.63, 3.8) is 0 Å². The molecule has 1 atom stereocenters. The van der Waals surface area contributed by atoms with E-state index in [-0.39, 0.29) is 11.9 Å². The number of likely N-dealkylation sites (N-methyl/N-ethyl adjacent to an activating group) is 1. The highest BCUT2D eigenvalue weighted by atomic mass is 16.5. The topological polar surface area (TPSA) is 58.2 Å². The summed E-state index contributed by atoms with van der Waals surface area (Å²) >= 11 is 0. The number of aryl methyl sites for hydroxylation is 2. The van der Waals surface area contributed by atoms with Crippen molar-refractivity contribution in [2.75, 3.05) is 20.8 Å². The summed E-state index contributed by atoms with van der Waals surface area (Å²) in [5.41, 5.74) is 5.32. The fraction of sp³-hybridized carbons (Fsp3) is 0.364. The number of aromatic amines is 1. The number of fused-ring (bicyclic) bond motifs is 3. The first-order chi connectivity index (χ1) is 13.2. The Hall–Kier alpha value is -2.66. The number of nitrogens with zero attached hydrogens (tertiary/aromatic N) is 2. The van der Waals surface area contributed by atoms with Crippen LogP contribution in [0.15, 0.2) is 42.6 Å². The average molecular weight is 363 g/mol. The van der Waals surface area contributed by atoms with Gasteiger partial charge in [0.15, 0.2) is 0 Å². The van der Waals surface area contributed by atoms with Crippen LogP contribution in [-0.4, -0.2) is 41.5 Å². The summed E-state index contributed by atoms with van der Waals surface area (Å²) in [6.45, 7) is 0.401. The number of methoxy groups -OCH3 is 1. The largest absolute Gasteiger partial charge is 0.382 e. The van der Waals surface area contributed by atoms with Crippen LogP contribution >= 0.6 is 0 Å². The monoisotopic (exact) mass is 363 g/mol. The SMILES string of the molecule is COC[C@H](c1ccccn1)N(C)C(=O)c1ccc2c3c([nH]c2c1)CCCC3. The molecule has 1 aliphatic rings. The number of benzene rings is 1. The summed E-state index contributed by atoms with van der Waals surface area (Å²) in [5, 5.41) is 1.25. The summed E-state index contributed by atoms with van der Waals surface area (Å²) < 4.78 is 5.35. The minimum atomic E-state index is -0.226. The maximum Gasteiger partial charge on any atom is 0.254 e. The zero-order valence-electron chi connectivity index (χ0n) is 15.9. The zero-order chi connectivity index (χ0) is 18.8. The van der Waals surface area contributed by atoms with Crippen molar-refractivity contribution in [2.24, 2.45) is 0 Å². The van der Waals surface area contributed by atoms with Crippen LogP contribution < -0.4 is 0 Å². The summed E-state index contributed by atoms with van der Waals surface area (Å²) in [7, 11) is 3.45. The summed E-state index contributed by atoms with van der Waals surface area (Å²) in [4.78, 5) is 22.8. The van der Waals surface area contributed by atoms with Crippen LogP contribution in [0.4, 0.5) is 0 Å². The van der Waals surface area contributed by atoms with E-state index in [9.17, 15) is 4.79 Å². The lowest BCUT2D eigenvalue weighted by atomic mass is 9.95. The lowest BCUT2D eigenvalue weighted by Gasteiger charge is -2.27. The molecule has 2 heterocycles. The molecule has 5 nitrogen and oxygen atoms in total. The molecule has 0 saturated heterocycles. The van der Waals surface area contributed by atoms with E-state index in [1.54, 1.807) is 18.2 Å². The van der Waals surface area contributed by atoms with Crippen LogP contribution in [0, 0.1) is 0 Å². The number of carbonyl (C=O) groups excluding carboxylic acids is 1. The Labute approximate surface area is 159 Å². The molecule has 1 aromatic carbocycles. The van der Waals surface area contributed by atoms with Gasteiger partial charge < -0.3 is 14.6 Å². The Balaban J connectivity index is 1.64. The number of ether oxygens (including phenoxy) is 1. The van der Waals surface area contributed by atoms with Crippen molar-refractivity contribution >= 4 is 16.8 Å². The van der Waals surface area contributed by atoms with E-state index in [2.05, 4.69) is 16.0 Å². The lowest BCUT2D eigenvalue weighted by Crippen LogP contribution is -2.34. The Morgan fingerprint density at radius 3 is 2.89 bits per heavy atom. The van der Waals surface area contributed by atoms with Gasteiger partial charge in [-0.15, -0.1) is 0 Å². The molecule has 0 spiro atoms. The molecule has 0 bridgehead atoms. The van der Waals surface area contributed by atoms with Gasteiger partial charge in [-0.1, -0.05) is 12.1 Å². The molecule has 0 aliphatic heterocycles. The highest BCUT2D eigenvalue weighted by Crippen LogP contribution is 2.30. The van der Waals surface area contributed by atoms with Crippen molar-refractivity contribution in [3.05, 3.63) is 65.1 Å². The number of amides is 1. The fourth-order valence-electron chi connectivity index (χ4n) is 4.02. The number of nitrogens with one attached hydrogen (secondary N) is 1. The van der Waals surface area contributed by atoms with Crippen LogP contribution in [0.25, 0.3) is 10.9 Å². The van der Waals surface area contributed by atoms with E-state index in [0.29, 0.717) is 12.2 Å².